The zero-order valence-electron chi connectivity index (χ0n) is 20.4. The summed E-state index contributed by atoms with van der Waals surface area (Å²) in [4.78, 5) is 29.1. The number of nitrogens with one attached hydrogen (secondary N) is 2. The number of hydrogen-bond acceptors (Lipinski definition) is 9. The van der Waals surface area contributed by atoms with Crippen LogP contribution < -0.4 is 10.2 Å². The topological polar surface area (TPSA) is 108 Å². The molecule has 39 heavy (non-hydrogen) atoms. The van der Waals surface area contributed by atoms with E-state index in [1.807, 2.05) is 41.8 Å². The Kier molecular flexibility index (Phi) is 6.61. The number of thiophene rings is 1. The summed E-state index contributed by atoms with van der Waals surface area (Å²) >= 11 is 1.50. The van der Waals surface area contributed by atoms with Gasteiger partial charge in [-0.1, -0.05) is 30.3 Å². The quantitative estimate of drug-likeness (QED) is 0.382. The fraction of sp³-hybridized carbons (Fsp3) is 0.269. The van der Waals surface area contributed by atoms with Crippen LogP contribution in [-0.2, 0) is 22.1 Å². The third kappa shape index (κ3) is 5.14. The van der Waals surface area contributed by atoms with Crippen molar-refractivity contribution in [3.05, 3.63) is 75.6 Å². The first-order valence-electron chi connectivity index (χ1n) is 12.2. The van der Waals surface area contributed by atoms with Crippen molar-refractivity contribution in [3.63, 3.8) is 0 Å². The Morgan fingerprint density at radius 2 is 1.92 bits per heavy atom. The standard InChI is InChI=1S/C26H22F3N7O2S/c27-26(28,29)16-12-18(36-7-9-38-10-8-36)22(30-14-16)24-33-25(35-34-24)32-23-19(37)13-20-17(6-11-39-20)21(31-23)15-4-2-1-3-5-15/h1-6,11-12,14,23H,7-10,13H2,(H2,32,33,34,35). The maximum atomic E-state index is 13.5. The van der Waals surface area contributed by atoms with Crippen molar-refractivity contribution in [2.24, 2.45) is 4.99 Å². The first kappa shape index (κ1) is 25.2. The molecule has 2 N–H and O–H groups in total. The Morgan fingerprint density at radius 3 is 2.69 bits per heavy atom. The summed E-state index contributed by atoms with van der Waals surface area (Å²) < 4.78 is 45.7. The average molecular weight is 554 g/mol. The van der Waals surface area contributed by atoms with Gasteiger partial charge in [-0.05, 0) is 17.5 Å². The zero-order chi connectivity index (χ0) is 27.0. The van der Waals surface area contributed by atoms with Crippen LogP contribution >= 0.6 is 11.3 Å². The number of fused-ring (bicyclic) bond motifs is 1. The molecule has 3 aromatic heterocycles. The van der Waals surface area contributed by atoms with Crippen LogP contribution in [0.5, 0.6) is 0 Å². The van der Waals surface area contributed by atoms with E-state index in [-0.39, 0.29) is 35.4 Å². The number of aromatic nitrogens is 4. The number of alkyl halides is 3. The Bertz CT molecular complexity index is 1530. The van der Waals surface area contributed by atoms with E-state index in [0.717, 1.165) is 28.3 Å². The van der Waals surface area contributed by atoms with Gasteiger partial charge in [-0.25, -0.2) is 0 Å². The lowest BCUT2D eigenvalue weighted by Crippen LogP contribution is -2.36. The number of anilines is 2. The minimum atomic E-state index is -4.54. The lowest BCUT2D eigenvalue weighted by molar-refractivity contribution is -0.137. The van der Waals surface area contributed by atoms with E-state index in [1.54, 1.807) is 4.90 Å². The van der Waals surface area contributed by atoms with Crippen LogP contribution in [0.4, 0.5) is 24.8 Å². The number of carbonyl (C=O) groups is 1. The van der Waals surface area contributed by atoms with Gasteiger partial charge in [0.25, 0.3) is 0 Å². The molecule has 0 spiro atoms. The number of benzene rings is 1. The van der Waals surface area contributed by atoms with Gasteiger partial charge in [0, 0.05) is 41.7 Å². The normalized spacial score (nSPS) is 17.9. The lowest BCUT2D eigenvalue weighted by atomic mass is 10.0. The number of ether oxygens (including phenoxy) is 1. The van der Waals surface area contributed by atoms with Gasteiger partial charge < -0.3 is 15.0 Å². The average Bonchev–Trinajstić information content (AvgIpc) is 3.58. The van der Waals surface area contributed by atoms with Crippen molar-refractivity contribution >= 4 is 34.5 Å². The smallest absolute Gasteiger partial charge is 0.378 e. The Labute approximate surface area is 224 Å². The molecule has 0 aliphatic carbocycles. The van der Waals surface area contributed by atoms with Crippen molar-refractivity contribution in [3.8, 4) is 11.5 Å². The van der Waals surface area contributed by atoms with Gasteiger partial charge in [-0.15, -0.1) is 16.4 Å². The maximum absolute atomic E-state index is 13.5. The van der Waals surface area contributed by atoms with E-state index in [9.17, 15) is 18.0 Å². The summed E-state index contributed by atoms with van der Waals surface area (Å²) in [6, 6.07) is 12.6. The van der Waals surface area contributed by atoms with Gasteiger partial charge >= 0.3 is 6.18 Å². The molecule has 1 fully saturated rings. The number of ketones is 1. The van der Waals surface area contributed by atoms with Crippen molar-refractivity contribution in [2.75, 3.05) is 36.5 Å². The van der Waals surface area contributed by atoms with Crippen LogP contribution in [0.1, 0.15) is 21.6 Å². The number of hydrogen-bond donors (Lipinski definition) is 2. The summed E-state index contributed by atoms with van der Waals surface area (Å²) in [6.07, 6.45) is -4.53. The molecule has 200 valence electrons. The summed E-state index contributed by atoms with van der Waals surface area (Å²) in [5.41, 5.74) is 2.10. The van der Waals surface area contributed by atoms with E-state index in [0.29, 0.717) is 32.0 Å². The van der Waals surface area contributed by atoms with Crippen molar-refractivity contribution in [1.82, 2.24) is 20.2 Å². The highest BCUT2D eigenvalue weighted by atomic mass is 32.1. The highest BCUT2D eigenvalue weighted by molar-refractivity contribution is 7.10. The molecule has 1 unspecified atom stereocenters. The fourth-order valence-corrected chi connectivity index (χ4v) is 5.43. The number of aromatic amines is 1. The Morgan fingerprint density at radius 1 is 1.13 bits per heavy atom. The van der Waals surface area contributed by atoms with Gasteiger partial charge in [0.05, 0.1) is 30.2 Å². The van der Waals surface area contributed by atoms with E-state index in [4.69, 9.17) is 9.73 Å². The predicted molar refractivity (Wildman–Crippen MR) is 140 cm³/mol. The number of H-pyrrole nitrogens is 1. The van der Waals surface area contributed by atoms with E-state index < -0.39 is 17.9 Å². The minimum absolute atomic E-state index is 0.0828. The third-order valence-electron chi connectivity index (χ3n) is 6.47. The number of rotatable bonds is 5. The van der Waals surface area contributed by atoms with Gasteiger partial charge in [0.1, 0.15) is 5.69 Å². The van der Waals surface area contributed by atoms with Crippen molar-refractivity contribution in [2.45, 2.75) is 18.8 Å². The molecule has 2 aliphatic heterocycles. The molecule has 4 aromatic rings. The zero-order valence-corrected chi connectivity index (χ0v) is 21.2. The Hall–Kier alpha value is -4.10. The van der Waals surface area contributed by atoms with Crippen LogP contribution in [0.15, 0.2) is 59.0 Å². The first-order valence-corrected chi connectivity index (χ1v) is 13.1. The number of Topliss-reactive ketones (excluding diaryl/α,β-unsaturated/α-hetero) is 1. The van der Waals surface area contributed by atoms with Crippen LogP contribution in [0.2, 0.25) is 0 Å². The number of aliphatic imine (C=N–C) groups is 1. The molecule has 9 nitrogen and oxygen atoms in total. The van der Waals surface area contributed by atoms with E-state index in [2.05, 4.69) is 25.5 Å². The lowest BCUT2D eigenvalue weighted by Gasteiger charge is -2.30. The molecule has 0 saturated carbocycles. The molecule has 5 heterocycles. The number of morpholine rings is 1. The van der Waals surface area contributed by atoms with Gasteiger partial charge in [-0.2, -0.15) is 18.2 Å². The highest BCUT2D eigenvalue weighted by Crippen LogP contribution is 2.35. The van der Waals surface area contributed by atoms with Crippen LogP contribution in [0.3, 0.4) is 0 Å². The monoisotopic (exact) mass is 553 g/mol. The third-order valence-corrected chi connectivity index (χ3v) is 7.39. The molecule has 1 saturated heterocycles. The number of halogens is 3. The molecular formula is C26H22F3N7O2S. The SMILES string of the molecule is O=C1Cc2sccc2C(c2ccccc2)=NC1Nc1n[nH]c(-c2ncc(C(F)(F)F)cc2N2CCOCC2)n1. The summed E-state index contributed by atoms with van der Waals surface area (Å²) in [5, 5.41) is 11.9. The van der Waals surface area contributed by atoms with Gasteiger partial charge in [0.15, 0.2) is 17.8 Å². The summed E-state index contributed by atoms with van der Waals surface area (Å²) in [7, 11) is 0. The van der Waals surface area contributed by atoms with E-state index >= 15 is 0 Å². The molecule has 1 atom stereocenters. The van der Waals surface area contributed by atoms with Gasteiger partial charge in [0.2, 0.25) is 5.95 Å². The second-order valence-corrected chi connectivity index (χ2v) is 9.99. The largest absolute Gasteiger partial charge is 0.417 e. The van der Waals surface area contributed by atoms with Gasteiger partial charge in [-0.3, -0.25) is 19.9 Å². The molecule has 0 amide bonds. The highest BCUT2D eigenvalue weighted by Gasteiger charge is 2.33. The second-order valence-electron chi connectivity index (χ2n) is 8.99. The van der Waals surface area contributed by atoms with E-state index in [1.165, 1.54) is 11.3 Å². The molecule has 6 rings (SSSR count). The molecule has 0 bridgehead atoms. The van der Waals surface area contributed by atoms with Crippen molar-refractivity contribution < 1.29 is 22.7 Å². The van der Waals surface area contributed by atoms with Crippen molar-refractivity contribution in [1.29, 1.82) is 0 Å². The summed E-state index contributed by atoms with van der Waals surface area (Å²) in [5.74, 6) is 0.0946. The summed E-state index contributed by atoms with van der Waals surface area (Å²) in [6.45, 7) is 1.59. The maximum Gasteiger partial charge on any atom is 0.417 e. The fourth-order valence-electron chi connectivity index (χ4n) is 4.54. The first-order chi connectivity index (χ1) is 18.9. The van der Waals surface area contributed by atoms with Crippen LogP contribution in [0, 0.1) is 0 Å². The second kappa shape index (κ2) is 10.2. The Balaban J connectivity index is 1.33. The minimum Gasteiger partial charge on any atom is -0.378 e. The number of nitrogens with zero attached hydrogens (tertiary/aromatic N) is 5. The number of carbonyl (C=O) groups excluding carboxylic acids is 1. The predicted octanol–water partition coefficient (Wildman–Crippen LogP) is 4.18. The van der Waals surface area contributed by atoms with Crippen LogP contribution in [0.25, 0.3) is 11.5 Å². The number of pyridine rings is 1. The molecule has 1 aromatic carbocycles. The molecule has 13 heteroatoms. The molecular weight excluding hydrogens is 531 g/mol. The molecule has 0 radical (unpaired) electrons. The van der Waals surface area contributed by atoms with Crippen LogP contribution in [-0.4, -0.2) is 64.1 Å². The molecule has 2 aliphatic rings.